The number of aromatic nitrogens is 1. The fourth-order valence-electron chi connectivity index (χ4n) is 2.95. The van der Waals surface area contributed by atoms with E-state index in [1.165, 1.54) is 16.8 Å². The van der Waals surface area contributed by atoms with Gasteiger partial charge in [-0.25, -0.2) is 0 Å². The van der Waals surface area contributed by atoms with Crippen molar-refractivity contribution in [3.63, 3.8) is 0 Å². The van der Waals surface area contributed by atoms with Crippen LogP contribution in [0.25, 0.3) is 0 Å². The van der Waals surface area contributed by atoms with Crippen molar-refractivity contribution < 1.29 is 0 Å². The summed E-state index contributed by atoms with van der Waals surface area (Å²) in [4.78, 5) is 12.1. The molecule has 1 aromatic carbocycles. The third-order valence-electron chi connectivity index (χ3n) is 4.13. The van der Waals surface area contributed by atoms with Crippen LogP contribution in [0.5, 0.6) is 0 Å². The minimum Gasteiger partial charge on any atom is -0.322 e. The van der Waals surface area contributed by atoms with Crippen LogP contribution >= 0.6 is 0 Å². The quantitative estimate of drug-likeness (QED) is 0.929. The molecule has 0 bridgehead atoms. The van der Waals surface area contributed by atoms with Crippen LogP contribution in [0.4, 0.5) is 0 Å². The number of hydrogen-bond acceptors (Lipinski definition) is 2. The lowest BCUT2D eigenvalue weighted by molar-refractivity contribution is 0.544. The number of aryl methyl sites for hydroxylation is 2. The maximum Gasteiger partial charge on any atom is 0.250 e. The summed E-state index contributed by atoms with van der Waals surface area (Å²) < 4.78 is 1.87. The first-order chi connectivity index (χ1) is 9.65. The van der Waals surface area contributed by atoms with Crippen LogP contribution in [0.1, 0.15) is 34.8 Å². The first kappa shape index (κ1) is 13.1. The minimum atomic E-state index is -0.139. The molecule has 20 heavy (non-hydrogen) atoms. The lowest BCUT2D eigenvalue weighted by Crippen LogP contribution is -2.28. The molecular weight excluding hydrogens is 248 g/mol. The van der Waals surface area contributed by atoms with Gasteiger partial charge in [-0.05, 0) is 37.3 Å². The highest BCUT2D eigenvalue weighted by Gasteiger charge is 2.17. The van der Waals surface area contributed by atoms with E-state index in [0.717, 1.165) is 24.8 Å². The van der Waals surface area contributed by atoms with Crippen molar-refractivity contribution in [1.29, 1.82) is 0 Å². The van der Waals surface area contributed by atoms with Crippen LogP contribution in [0, 0.1) is 6.92 Å². The third-order valence-corrected chi connectivity index (χ3v) is 4.13. The fraction of sp³-hybridized carbons (Fsp3) is 0.353. The maximum atomic E-state index is 12.1. The van der Waals surface area contributed by atoms with Crippen LogP contribution in [0.2, 0.25) is 0 Å². The van der Waals surface area contributed by atoms with E-state index in [1.54, 1.807) is 6.07 Å². The Kier molecular flexibility index (Phi) is 3.45. The predicted octanol–water partition coefficient (Wildman–Crippen LogP) is 2.35. The summed E-state index contributed by atoms with van der Waals surface area (Å²) in [5, 5.41) is 0. The number of benzene rings is 1. The molecule has 0 radical (unpaired) electrons. The molecule has 0 fully saturated rings. The van der Waals surface area contributed by atoms with Crippen LogP contribution < -0.4 is 11.3 Å². The highest BCUT2D eigenvalue weighted by Crippen LogP contribution is 2.21. The van der Waals surface area contributed by atoms with Gasteiger partial charge in [-0.1, -0.05) is 35.9 Å². The highest BCUT2D eigenvalue weighted by molar-refractivity contribution is 5.27. The van der Waals surface area contributed by atoms with Gasteiger partial charge in [0.25, 0.3) is 5.56 Å². The van der Waals surface area contributed by atoms with Crippen LogP contribution in [-0.2, 0) is 19.4 Å². The van der Waals surface area contributed by atoms with Gasteiger partial charge >= 0.3 is 0 Å². The van der Waals surface area contributed by atoms with E-state index in [-0.39, 0.29) is 11.6 Å². The zero-order valence-corrected chi connectivity index (χ0v) is 11.8. The van der Waals surface area contributed by atoms with E-state index in [9.17, 15) is 4.79 Å². The molecule has 0 aliphatic heterocycles. The summed E-state index contributed by atoms with van der Waals surface area (Å²) in [5.41, 5.74) is 11.1. The molecule has 0 amide bonds. The van der Waals surface area contributed by atoms with Crippen molar-refractivity contribution in [3.8, 4) is 0 Å². The summed E-state index contributed by atoms with van der Waals surface area (Å²) in [7, 11) is 0. The van der Waals surface area contributed by atoms with Gasteiger partial charge in [0.1, 0.15) is 0 Å². The average molecular weight is 268 g/mol. The molecule has 3 heteroatoms. The molecule has 0 spiro atoms. The van der Waals surface area contributed by atoms with Crippen molar-refractivity contribution in [2.24, 2.45) is 5.73 Å². The lowest BCUT2D eigenvalue weighted by atomic mass is 10.1. The molecule has 1 aliphatic carbocycles. The van der Waals surface area contributed by atoms with E-state index in [4.69, 9.17) is 5.73 Å². The number of fused-ring (bicyclic) bond motifs is 1. The average Bonchev–Trinajstić information content (AvgIpc) is 2.91. The molecule has 3 rings (SSSR count). The summed E-state index contributed by atoms with van der Waals surface area (Å²) in [6.45, 7) is 2.62. The first-order valence-electron chi connectivity index (χ1n) is 7.19. The van der Waals surface area contributed by atoms with Crippen LogP contribution in [0.3, 0.4) is 0 Å². The Morgan fingerprint density at radius 3 is 2.65 bits per heavy atom. The van der Waals surface area contributed by atoms with Gasteiger partial charge in [0, 0.05) is 24.3 Å². The van der Waals surface area contributed by atoms with Crippen molar-refractivity contribution in [3.05, 3.63) is 69.1 Å². The largest absolute Gasteiger partial charge is 0.322 e. The topological polar surface area (TPSA) is 48.0 Å². The van der Waals surface area contributed by atoms with Crippen molar-refractivity contribution in [2.45, 2.75) is 38.8 Å². The Bertz CT molecular complexity index is 670. The summed E-state index contributed by atoms with van der Waals surface area (Å²) in [5.74, 6) is 0. The molecule has 2 aromatic rings. The molecule has 1 atom stereocenters. The maximum absolute atomic E-state index is 12.1. The summed E-state index contributed by atoms with van der Waals surface area (Å²) in [6, 6.07) is 11.7. The number of nitrogens with zero attached hydrogens (tertiary/aromatic N) is 1. The van der Waals surface area contributed by atoms with E-state index < -0.39 is 0 Å². The SMILES string of the molecule is Cc1ccc(C(N)Cn2c3c(ccc2=O)CCC3)cc1. The Balaban J connectivity index is 1.90. The highest BCUT2D eigenvalue weighted by atomic mass is 16.1. The molecule has 1 aromatic heterocycles. The van der Waals surface area contributed by atoms with E-state index in [2.05, 4.69) is 19.1 Å². The lowest BCUT2D eigenvalue weighted by Gasteiger charge is -2.17. The van der Waals surface area contributed by atoms with Gasteiger partial charge in [-0.3, -0.25) is 4.79 Å². The number of pyridine rings is 1. The molecule has 1 aliphatic rings. The predicted molar refractivity (Wildman–Crippen MR) is 80.8 cm³/mol. The van der Waals surface area contributed by atoms with Gasteiger partial charge in [0.15, 0.2) is 0 Å². The zero-order valence-electron chi connectivity index (χ0n) is 11.8. The van der Waals surface area contributed by atoms with Crippen LogP contribution in [0.15, 0.2) is 41.2 Å². The van der Waals surface area contributed by atoms with Gasteiger partial charge in [-0.15, -0.1) is 0 Å². The van der Waals surface area contributed by atoms with Crippen molar-refractivity contribution >= 4 is 0 Å². The second kappa shape index (κ2) is 5.25. The molecule has 1 heterocycles. The Hall–Kier alpha value is -1.87. The Morgan fingerprint density at radius 2 is 1.90 bits per heavy atom. The molecule has 1 unspecified atom stereocenters. The molecule has 104 valence electrons. The Labute approximate surface area is 119 Å². The van der Waals surface area contributed by atoms with Gasteiger partial charge in [0.2, 0.25) is 0 Å². The number of nitrogens with two attached hydrogens (primary N) is 1. The smallest absolute Gasteiger partial charge is 0.250 e. The van der Waals surface area contributed by atoms with Crippen LogP contribution in [-0.4, -0.2) is 4.57 Å². The van der Waals surface area contributed by atoms with E-state index in [1.807, 2.05) is 22.8 Å². The molecule has 3 nitrogen and oxygen atoms in total. The fourth-order valence-corrected chi connectivity index (χ4v) is 2.95. The van der Waals surface area contributed by atoms with E-state index >= 15 is 0 Å². The second-order valence-corrected chi connectivity index (χ2v) is 5.62. The minimum absolute atomic E-state index is 0.0632. The first-order valence-corrected chi connectivity index (χ1v) is 7.19. The number of rotatable bonds is 3. The second-order valence-electron chi connectivity index (χ2n) is 5.62. The van der Waals surface area contributed by atoms with Crippen molar-refractivity contribution in [2.75, 3.05) is 0 Å². The van der Waals surface area contributed by atoms with Gasteiger partial charge < -0.3 is 10.3 Å². The Morgan fingerprint density at radius 1 is 1.15 bits per heavy atom. The van der Waals surface area contributed by atoms with E-state index in [0.29, 0.717) is 6.54 Å². The number of hydrogen-bond donors (Lipinski definition) is 1. The van der Waals surface area contributed by atoms with Crippen molar-refractivity contribution in [1.82, 2.24) is 4.57 Å². The van der Waals surface area contributed by atoms with Gasteiger partial charge in [-0.2, -0.15) is 0 Å². The van der Waals surface area contributed by atoms with Gasteiger partial charge in [0.05, 0.1) is 0 Å². The molecule has 0 saturated heterocycles. The zero-order chi connectivity index (χ0) is 14.1. The monoisotopic (exact) mass is 268 g/mol. The normalized spacial score (nSPS) is 15.1. The summed E-state index contributed by atoms with van der Waals surface area (Å²) in [6.07, 6.45) is 3.21. The third kappa shape index (κ3) is 2.41. The summed E-state index contributed by atoms with van der Waals surface area (Å²) >= 11 is 0. The molecule has 0 saturated carbocycles. The molecular formula is C17H20N2O. The molecule has 2 N–H and O–H groups in total. The standard InChI is InChI=1S/C17H20N2O/c1-12-5-7-13(8-6-12)15(18)11-19-16-4-2-3-14(16)9-10-17(19)20/h5-10,15H,2-4,11,18H2,1H3.